The van der Waals surface area contributed by atoms with Crippen LogP contribution in [0.4, 0.5) is 0 Å². The summed E-state index contributed by atoms with van der Waals surface area (Å²) in [5.74, 6) is -1.46. The largest absolute Gasteiger partial charge is 0.478 e. The van der Waals surface area contributed by atoms with Crippen molar-refractivity contribution in [2.45, 2.75) is 25.3 Å². The fourth-order valence-electron chi connectivity index (χ4n) is 1.27. The highest BCUT2D eigenvalue weighted by Crippen LogP contribution is 2.27. The van der Waals surface area contributed by atoms with E-state index in [1.807, 2.05) is 6.07 Å². The van der Waals surface area contributed by atoms with Crippen molar-refractivity contribution in [2.75, 3.05) is 6.54 Å². The number of hydrogen-bond acceptors (Lipinski definition) is 3. The number of rotatable bonds is 5. The number of carboxylic acid groups (broad SMARTS) is 1. The van der Waals surface area contributed by atoms with Crippen LogP contribution in [0.5, 0.6) is 0 Å². The molecule has 80 valence electrons. The van der Waals surface area contributed by atoms with Crippen molar-refractivity contribution in [1.82, 2.24) is 4.90 Å². The maximum Gasteiger partial charge on any atom is 0.328 e. The molecule has 1 fully saturated rings. The van der Waals surface area contributed by atoms with Crippen LogP contribution >= 0.6 is 0 Å². The second-order valence-corrected chi connectivity index (χ2v) is 3.34. The lowest BCUT2D eigenvalue weighted by molar-refractivity contribution is -0.132. The van der Waals surface area contributed by atoms with E-state index in [1.54, 1.807) is 4.90 Å². The Labute approximate surface area is 87.6 Å². The molecule has 0 aliphatic heterocycles. The van der Waals surface area contributed by atoms with Gasteiger partial charge in [0.25, 0.3) is 0 Å². The summed E-state index contributed by atoms with van der Waals surface area (Å²) in [5.41, 5.74) is 0. The zero-order chi connectivity index (χ0) is 11.3. The van der Waals surface area contributed by atoms with Gasteiger partial charge in [0.05, 0.1) is 12.5 Å². The second-order valence-electron chi connectivity index (χ2n) is 3.34. The number of nitriles is 1. The minimum atomic E-state index is -1.14. The number of aliphatic carboxylic acids is 1. The third-order valence-electron chi connectivity index (χ3n) is 2.10. The average molecular weight is 208 g/mol. The van der Waals surface area contributed by atoms with E-state index in [0.717, 1.165) is 25.0 Å². The highest BCUT2D eigenvalue weighted by atomic mass is 16.4. The maximum absolute atomic E-state index is 11.5. The van der Waals surface area contributed by atoms with Crippen LogP contribution in [0.1, 0.15) is 19.3 Å². The van der Waals surface area contributed by atoms with E-state index in [2.05, 4.69) is 0 Å². The van der Waals surface area contributed by atoms with E-state index in [0.29, 0.717) is 6.54 Å². The Morgan fingerprint density at radius 1 is 1.47 bits per heavy atom. The Morgan fingerprint density at radius 3 is 2.60 bits per heavy atom. The zero-order valence-electron chi connectivity index (χ0n) is 8.22. The molecule has 5 heteroatoms. The Morgan fingerprint density at radius 2 is 2.13 bits per heavy atom. The lowest BCUT2D eigenvalue weighted by Gasteiger charge is -2.18. The fraction of sp³-hybridized carbons (Fsp3) is 0.500. The standard InChI is InChI=1S/C10H12N2O3/c11-6-1-7-12(8-2-3-8)9(13)4-5-10(14)15/h4-5,8H,1-3,7H2,(H,14,15)/b5-4+. The Hall–Kier alpha value is -1.83. The molecule has 0 unspecified atom stereocenters. The summed E-state index contributed by atoms with van der Waals surface area (Å²) >= 11 is 0. The van der Waals surface area contributed by atoms with Gasteiger partial charge < -0.3 is 10.0 Å². The molecular weight excluding hydrogens is 196 g/mol. The molecular formula is C10H12N2O3. The van der Waals surface area contributed by atoms with Crippen LogP contribution in [0.15, 0.2) is 12.2 Å². The van der Waals surface area contributed by atoms with Gasteiger partial charge in [-0.2, -0.15) is 5.26 Å². The molecule has 0 aromatic carbocycles. The van der Waals surface area contributed by atoms with Crippen LogP contribution in [0.25, 0.3) is 0 Å². The summed E-state index contributed by atoms with van der Waals surface area (Å²) in [6, 6.07) is 2.16. The number of carboxylic acids is 1. The molecule has 15 heavy (non-hydrogen) atoms. The average Bonchev–Trinajstić information content (AvgIpc) is 2.99. The van der Waals surface area contributed by atoms with Gasteiger partial charge in [0.15, 0.2) is 0 Å². The molecule has 1 aliphatic carbocycles. The lowest BCUT2D eigenvalue weighted by atomic mass is 10.3. The van der Waals surface area contributed by atoms with Crippen LogP contribution in [0.3, 0.4) is 0 Å². The molecule has 1 N–H and O–H groups in total. The third-order valence-corrected chi connectivity index (χ3v) is 2.10. The van der Waals surface area contributed by atoms with Crippen molar-refractivity contribution >= 4 is 11.9 Å². The van der Waals surface area contributed by atoms with Gasteiger partial charge in [-0.05, 0) is 12.8 Å². The molecule has 0 atom stereocenters. The molecule has 1 amide bonds. The fourth-order valence-corrected chi connectivity index (χ4v) is 1.27. The SMILES string of the molecule is N#CCCN(C(=O)/C=C/C(=O)O)C1CC1. The molecule has 0 bridgehead atoms. The highest BCUT2D eigenvalue weighted by Gasteiger charge is 2.31. The van der Waals surface area contributed by atoms with Crippen molar-refractivity contribution in [3.05, 3.63) is 12.2 Å². The predicted molar refractivity (Wildman–Crippen MR) is 51.7 cm³/mol. The van der Waals surface area contributed by atoms with E-state index in [4.69, 9.17) is 10.4 Å². The van der Waals surface area contributed by atoms with Gasteiger partial charge in [0.1, 0.15) is 0 Å². The molecule has 0 saturated heterocycles. The first-order valence-electron chi connectivity index (χ1n) is 4.73. The molecule has 0 spiro atoms. The van der Waals surface area contributed by atoms with Crippen LogP contribution in [-0.2, 0) is 9.59 Å². The summed E-state index contributed by atoms with van der Waals surface area (Å²) in [6.45, 7) is 0.379. The van der Waals surface area contributed by atoms with E-state index < -0.39 is 5.97 Å². The summed E-state index contributed by atoms with van der Waals surface area (Å²) in [5, 5.41) is 16.8. The lowest BCUT2D eigenvalue weighted by Crippen LogP contribution is -2.32. The minimum Gasteiger partial charge on any atom is -0.478 e. The number of amides is 1. The van der Waals surface area contributed by atoms with Gasteiger partial charge in [-0.25, -0.2) is 4.79 Å². The van der Waals surface area contributed by atoms with Crippen molar-refractivity contribution in [3.63, 3.8) is 0 Å². The molecule has 0 aromatic heterocycles. The van der Waals surface area contributed by atoms with E-state index in [9.17, 15) is 9.59 Å². The summed E-state index contributed by atoms with van der Waals surface area (Å²) in [7, 11) is 0. The van der Waals surface area contributed by atoms with E-state index in [1.165, 1.54) is 0 Å². The second kappa shape index (κ2) is 5.15. The van der Waals surface area contributed by atoms with Crippen LogP contribution in [0.2, 0.25) is 0 Å². The summed E-state index contributed by atoms with van der Waals surface area (Å²) < 4.78 is 0. The summed E-state index contributed by atoms with van der Waals surface area (Å²) in [4.78, 5) is 23.3. The number of nitrogens with zero attached hydrogens (tertiary/aromatic N) is 2. The van der Waals surface area contributed by atoms with Gasteiger partial charge in [0, 0.05) is 24.7 Å². The number of hydrogen-bond donors (Lipinski definition) is 1. The van der Waals surface area contributed by atoms with Crippen molar-refractivity contribution in [3.8, 4) is 6.07 Å². The van der Waals surface area contributed by atoms with Gasteiger partial charge in [-0.15, -0.1) is 0 Å². The van der Waals surface area contributed by atoms with Gasteiger partial charge in [-0.1, -0.05) is 0 Å². The number of carbonyl (C=O) groups is 2. The number of carbonyl (C=O) groups excluding carboxylic acids is 1. The van der Waals surface area contributed by atoms with Crippen LogP contribution in [0, 0.1) is 11.3 Å². The first-order valence-corrected chi connectivity index (χ1v) is 4.73. The Bertz CT molecular complexity index is 326. The topological polar surface area (TPSA) is 81.4 Å². The zero-order valence-corrected chi connectivity index (χ0v) is 8.22. The maximum atomic E-state index is 11.5. The van der Waals surface area contributed by atoms with E-state index in [-0.39, 0.29) is 18.4 Å². The van der Waals surface area contributed by atoms with Crippen molar-refractivity contribution in [1.29, 1.82) is 5.26 Å². The first kappa shape index (κ1) is 11.2. The van der Waals surface area contributed by atoms with Gasteiger partial charge in [-0.3, -0.25) is 4.79 Å². The third kappa shape index (κ3) is 3.81. The van der Waals surface area contributed by atoms with Gasteiger partial charge in [0.2, 0.25) is 5.91 Å². The van der Waals surface area contributed by atoms with E-state index >= 15 is 0 Å². The highest BCUT2D eigenvalue weighted by molar-refractivity contribution is 5.94. The van der Waals surface area contributed by atoms with Crippen LogP contribution < -0.4 is 0 Å². The van der Waals surface area contributed by atoms with Crippen molar-refractivity contribution in [2.24, 2.45) is 0 Å². The molecule has 0 aromatic rings. The Balaban J connectivity index is 2.51. The normalized spacial score (nSPS) is 14.9. The molecule has 1 aliphatic rings. The quantitative estimate of drug-likeness (QED) is 0.668. The predicted octanol–water partition coefficient (Wildman–Crippen LogP) is 0.532. The Kier molecular flexibility index (Phi) is 3.86. The van der Waals surface area contributed by atoms with Crippen molar-refractivity contribution < 1.29 is 14.7 Å². The monoisotopic (exact) mass is 208 g/mol. The van der Waals surface area contributed by atoms with Crippen LogP contribution in [-0.4, -0.2) is 34.5 Å². The molecule has 0 heterocycles. The molecule has 1 saturated carbocycles. The first-order chi connectivity index (χ1) is 7.15. The van der Waals surface area contributed by atoms with Gasteiger partial charge >= 0.3 is 5.97 Å². The minimum absolute atomic E-state index is 0.198. The molecule has 0 radical (unpaired) electrons. The molecule has 1 rings (SSSR count). The summed E-state index contributed by atoms with van der Waals surface area (Å²) in [6.07, 6.45) is 4.03. The smallest absolute Gasteiger partial charge is 0.328 e. The molecule has 5 nitrogen and oxygen atoms in total.